The minimum Gasteiger partial charge on any atom is -0.507 e. The van der Waals surface area contributed by atoms with E-state index in [1.54, 1.807) is 25.3 Å². The number of rotatable bonds is 3. The van der Waals surface area contributed by atoms with Crippen molar-refractivity contribution in [3.05, 3.63) is 28.5 Å². The number of hydrogen-bond acceptors (Lipinski definition) is 5. The summed E-state index contributed by atoms with van der Waals surface area (Å²) in [7, 11) is 1.55. The van der Waals surface area contributed by atoms with Crippen LogP contribution in [0.25, 0.3) is 11.5 Å². The second-order valence-corrected chi connectivity index (χ2v) is 4.03. The molecule has 1 aromatic heterocycles. The molecule has 0 aliphatic carbocycles. The molecule has 0 unspecified atom stereocenters. The fourth-order valence-corrected chi connectivity index (χ4v) is 1.59. The van der Waals surface area contributed by atoms with Crippen molar-refractivity contribution >= 4 is 15.9 Å². The summed E-state index contributed by atoms with van der Waals surface area (Å²) >= 11 is 3.25. The Morgan fingerprint density at radius 1 is 1.50 bits per heavy atom. The van der Waals surface area contributed by atoms with Crippen LogP contribution in [0.5, 0.6) is 5.75 Å². The van der Waals surface area contributed by atoms with Crippen molar-refractivity contribution in [2.75, 3.05) is 7.11 Å². The third-order valence-corrected chi connectivity index (χ3v) is 2.42. The number of hydrogen-bond donors (Lipinski definition) is 1. The molecule has 0 aliphatic heterocycles. The van der Waals surface area contributed by atoms with Gasteiger partial charge in [0.1, 0.15) is 12.4 Å². The van der Waals surface area contributed by atoms with Crippen LogP contribution in [0.2, 0.25) is 0 Å². The van der Waals surface area contributed by atoms with E-state index in [1.807, 2.05) is 0 Å². The Balaban J connectivity index is 2.35. The quantitative estimate of drug-likeness (QED) is 0.937. The number of ether oxygens (including phenoxy) is 1. The van der Waals surface area contributed by atoms with E-state index >= 15 is 0 Å². The largest absolute Gasteiger partial charge is 0.507 e. The molecule has 16 heavy (non-hydrogen) atoms. The molecular formula is C10H9BrN2O3. The number of phenolic OH excluding ortho intramolecular Hbond substituents is 1. The number of phenols is 1. The lowest BCUT2D eigenvalue weighted by atomic mass is 10.2. The molecule has 0 saturated carbocycles. The zero-order valence-corrected chi connectivity index (χ0v) is 10.1. The van der Waals surface area contributed by atoms with Crippen molar-refractivity contribution in [2.45, 2.75) is 6.61 Å². The number of methoxy groups -OCH3 is 1. The number of nitrogens with zero attached hydrogens (tertiary/aromatic N) is 2. The lowest BCUT2D eigenvalue weighted by molar-refractivity contribution is 0.174. The monoisotopic (exact) mass is 284 g/mol. The summed E-state index contributed by atoms with van der Waals surface area (Å²) in [5.74, 6) is 0.805. The van der Waals surface area contributed by atoms with Crippen LogP contribution >= 0.6 is 15.9 Å². The van der Waals surface area contributed by atoms with E-state index in [4.69, 9.17) is 9.26 Å². The standard InChI is InChI=1S/C10H9BrN2O3/c1-15-5-9-12-10(16-13-9)7-3-2-6(11)4-8(7)14/h2-4,14H,5H2,1H3. The Morgan fingerprint density at radius 2 is 2.31 bits per heavy atom. The number of halogens is 1. The summed E-state index contributed by atoms with van der Waals surface area (Å²) in [5.41, 5.74) is 0.498. The summed E-state index contributed by atoms with van der Waals surface area (Å²) in [6, 6.07) is 5.05. The van der Waals surface area contributed by atoms with Gasteiger partial charge in [0.15, 0.2) is 5.82 Å². The minimum absolute atomic E-state index is 0.0852. The van der Waals surface area contributed by atoms with Gasteiger partial charge in [0, 0.05) is 11.6 Å². The van der Waals surface area contributed by atoms with Crippen LogP contribution in [0.3, 0.4) is 0 Å². The van der Waals surface area contributed by atoms with Gasteiger partial charge in [-0.3, -0.25) is 0 Å². The number of benzene rings is 1. The van der Waals surface area contributed by atoms with E-state index in [0.717, 1.165) is 4.47 Å². The van der Waals surface area contributed by atoms with Gasteiger partial charge < -0.3 is 14.4 Å². The van der Waals surface area contributed by atoms with Crippen LogP contribution in [0.15, 0.2) is 27.2 Å². The van der Waals surface area contributed by atoms with Gasteiger partial charge in [-0.05, 0) is 18.2 Å². The normalized spacial score (nSPS) is 10.6. The molecule has 0 aliphatic rings. The summed E-state index contributed by atoms with van der Waals surface area (Å²) in [6.45, 7) is 0.279. The minimum atomic E-state index is 0.0852. The topological polar surface area (TPSA) is 68.4 Å². The second kappa shape index (κ2) is 4.63. The molecule has 0 spiro atoms. The predicted molar refractivity (Wildman–Crippen MR) is 59.8 cm³/mol. The highest BCUT2D eigenvalue weighted by Gasteiger charge is 2.12. The number of aromatic nitrogens is 2. The maximum Gasteiger partial charge on any atom is 0.261 e. The van der Waals surface area contributed by atoms with Crippen LogP contribution < -0.4 is 0 Å². The predicted octanol–water partition coefficient (Wildman–Crippen LogP) is 2.35. The first-order chi connectivity index (χ1) is 7.70. The molecule has 0 bridgehead atoms. The molecular weight excluding hydrogens is 276 g/mol. The highest BCUT2D eigenvalue weighted by atomic mass is 79.9. The van der Waals surface area contributed by atoms with Gasteiger partial charge in [-0.25, -0.2) is 0 Å². The van der Waals surface area contributed by atoms with Gasteiger partial charge in [-0.15, -0.1) is 0 Å². The fraction of sp³-hybridized carbons (Fsp3) is 0.200. The molecule has 1 heterocycles. The fourth-order valence-electron chi connectivity index (χ4n) is 1.24. The van der Waals surface area contributed by atoms with Crippen LogP contribution in [-0.2, 0) is 11.3 Å². The van der Waals surface area contributed by atoms with Crippen LogP contribution in [0, 0.1) is 0 Å². The van der Waals surface area contributed by atoms with Crippen molar-refractivity contribution in [3.63, 3.8) is 0 Å². The Morgan fingerprint density at radius 3 is 3.00 bits per heavy atom. The van der Waals surface area contributed by atoms with Gasteiger partial charge in [0.25, 0.3) is 5.89 Å². The van der Waals surface area contributed by atoms with Crippen molar-refractivity contribution in [2.24, 2.45) is 0 Å². The van der Waals surface area contributed by atoms with E-state index < -0.39 is 0 Å². The smallest absolute Gasteiger partial charge is 0.261 e. The molecule has 6 heteroatoms. The Hall–Kier alpha value is -1.40. The summed E-state index contributed by atoms with van der Waals surface area (Å²) in [6.07, 6.45) is 0. The zero-order valence-electron chi connectivity index (χ0n) is 8.48. The van der Waals surface area contributed by atoms with Gasteiger partial charge in [-0.1, -0.05) is 21.1 Å². The van der Waals surface area contributed by atoms with E-state index in [1.165, 1.54) is 0 Å². The molecule has 0 atom stereocenters. The van der Waals surface area contributed by atoms with Gasteiger partial charge in [0.05, 0.1) is 5.56 Å². The van der Waals surface area contributed by atoms with Gasteiger partial charge >= 0.3 is 0 Å². The van der Waals surface area contributed by atoms with Crippen LogP contribution in [0.4, 0.5) is 0 Å². The van der Waals surface area contributed by atoms with Crippen molar-refractivity contribution in [1.82, 2.24) is 10.1 Å². The van der Waals surface area contributed by atoms with Crippen LogP contribution in [-0.4, -0.2) is 22.4 Å². The molecule has 0 radical (unpaired) electrons. The Labute approximate surface area is 100 Å². The first-order valence-electron chi connectivity index (χ1n) is 4.51. The highest BCUT2D eigenvalue weighted by molar-refractivity contribution is 9.10. The molecule has 2 rings (SSSR count). The van der Waals surface area contributed by atoms with Crippen LogP contribution in [0.1, 0.15) is 5.82 Å². The van der Waals surface area contributed by atoms with Crippen molar-refractivity contribution in [1.29, 1.82) is 0 Å². The van der Waals surface area contributed by atoms with E-state index in [2.05, 4.69) is 26.1 Å². The second-order valence-electron chi connectivity index (χ2n) is 3.11. The zero-order chi connectivity index (χ0) is 11.5. The first kappa shape index (κ1) is 11.1. The summed E-state index contributed by atoms with van der Waals surface area (Å²) in [5, 5.41) is 13.4. The molecule has 5 nitrogen and oxygen atoms in total. The van der Waals surface area contributed by atoms with Gasteiger partial charge in [0.2, 0.25) is 0 Å². The molecule has 1 N–H and O–H groups in total. The Kier molecular flexibility index (Phi) is 3.21. The average Bonchev–Trinajstić information content (AvgIpc) is 2.67. The maximum absolute atomic E-state index is 9.69. The third kappa shape index (κ3) is 2.23. The van der Waals surface area contributed by atoms with Crippen molar-refractivity contribution < 1.29 is 14.4 Å². The van der Waals surface area contributed by atoms with Crippen molar-refractivity contribution in [3.8, 4) is 17.2 Å². The molecule has 0 fully saturated rings. The molecule has 2 aromatic rings. The molecule has 0 amide bonds. The molecule has 1 aromatic carbocycles. The first-order valence-corrected chi connectivity index (χ1v) is 5.30. The lowest BCUT2D eigenvalue weighted by Crippen LogP contribution is -1.89. The summed E-state index contributed by atoms with van der Waals surface area (Å²) < 4.78 is 10.7. The summed E-state index contributed by atoms with van der Waals surface area (Å²) in [4.78, 5) is 4.08. The maximum atomic E-state index is 9.69. The van der Waals surface area contributed by atoms with E-state index in [0.29, 0.717) is 11.4 Å². The van der Waals surface area contributed by atoms with E-state index in [-0.39, 0.29) is 18.2 Å². The third-order valence-electron chi connectivity index (χ3n) is 1.93. The van der Waals surface area contributed by atoms with Gasteiger partial charge in [-0.2, -0.15) is 4.98 Å². The average molecular weight is 285 g/mol. The molecule has 0 saturated heterocycles. The SMILES string of the molecule is COCc1noc(-c2ccc(Br)cc2O)n1. The molecule has 84 valence electrons. The lowest BCUT2D eigenvalue weighted by Gasteiger charge is -1.98. The highest BCUT2D eigenvalue weighted by Crippen LogP contribution is 2.30. The Bertz CT molecular complexity index is 499. The number of aromatic hydroxyl groups is 1. The van der Waals surface area contributed by atoms with E-state index in [9.17, 15) is 5.11 Å².